The Labute approximate surface area is 144 Å². The molecule has 0 aromatic rings. The van der Waals surface area contributed by atoms with E-state index in [2.05, 4.69) is 9.44 Å². The third kappa shape index (κ3) is 6.80. The highest BCUT2D eigenvalue weighted by Gasteiger charge is 2.44. The normalized spacial score (nSPS) is 31.9. The highest BCUT2D eigenvalue weighted by atomic mass is 32.3. The molecule has 1 rings (SSSR count). The molecule has 0 aromatic heterocycles. The average molecular weight is 389 g/mol. The van der Waals surface area contributed by atoms with Crippen molar-refractivity contribution in [3.63, 3.8) is 0 Å². The molecule has 1 heterocycles. The molecule has 10 nitrogen and oxygen atoms in total. The smallest absolute Gasteiger partial charge is 0.394 e. The second-order valence-electron chi connectivity index (χ2n) is 5.26. The Morgan fingerprint density at radius 3 is 2.42 bits per heavy atom. The number of hydrogen-bond donors (Lipinski definition) is 5. The van der Waals surface area contributed by atoms with Crippen LogP contribution in [0.4, 0.5) is 0 Å². The van der Waals surface area contributed by atoms with E-state index in [9.17, 15) is 23.7 Å². The molecule has 0 saturated carbocycles. The van der Waals surface area contributed by atoms with Crippen molar-refractivity contribution < 1.29 is 42.4 Å². The third-order valence-corrected chi connectivity index (χ3v) is 4.76. The Hall–Kier alpha value is -0.470. The molecule has 0 spiro atoms. The molecule has 5 atom stereocenters. The van der Waals surface area contributed by atoms with Gasteiger partial charge in [-0.05, 0) is 12.8 Å². The Morgan fingerprint density at radius 2 is 1.88 bits per heavy atom. The van der Waals surface area contributed by atoms with Gasteiger partial charge in [-0.2, -0.15) is 8.42 Å². The summed E-state index contributed by atoms with van der Waals surface area (Å²) in [5.41, 5.74) is -1.11. The topological polar surface area (TPSA) is 166 Å². The van der Waals surface area contributed by atoms with E-state index >= 15 is 0 Å². The van der Waals surface area contributed by atoms with E-state index in [1.165, 1.54) is 0 Å². The van der Waals surface area contributed by atoms with Crippen LogP contribution in [-0.2, 0) is 19.4 Å². The predicted octanol–water partition coefficient (Wildman–Crippen LogP) is -0.767. The van der Waals surface area contributed by atoms with Crippen molar-refractivity contribution in [3.05, 3.63) is 0 Å². The van der Waals surface area contributed by atoms with Gasteiger partial charge in [0.05, 0.1) is 6.61 Å². The summed E-state index contributed by atoms with van der Waals surface area (Å²) >= 11 is 0.785. The van der Waals surface area contributed by atoms with Gasteiger partial charge in [0, 0.05) is 0 Å². The fourth-order valence-electron chi connectivity index (χ4n) is 2.04. The second kappa shape index (κ2) is 9.87. The van der Waals surface area contributed by atoms with Crippen molar-refractivity contribution in [2.75, 3.05) is 6.61 Å². The molecule has 0 bridgehead atoms. The van der Waals surface area contributed by atoms with Crippen LogP contribution in [0.15, 0.2) is 5.16 Å². The van der Waals surface area contributed by atoms with Crippen molar-refractivity contribution >= 4 is 27.2 Å². The van der Waals surface area contributed by atoms with E-state index in [-0.39, 0.29) is 5.04 Å². The molecule has 1 fully saturated rings. The molecule has 0 radical (unpaired) electrons. The zero-order valence-corrected chi connectivity index (χ0v) is 14.7. The lowest BCUT2D eigenvalue weighted by molar-refractivity contribution is -0.205. The van der Waals surface area contributed by atoms with E-state index < -0.39 is 46.9 Å². The summed E-state index contributed by atoms with van der Waals surface area (Å²) in [6.07, 6.45) is -2.94. The molecule has 12 heteroatoms. The molecular formula is C12H23NO9S2. The van der Waals surface area contributed by atoms with Crippen LogP contribution in [0.1, 0.15) is 32.6 Å². The van der Waals surface area contributed by atoms with Gasteiger partial charge in [-0.25, -0.2) is 4.28 Å². The monoisotopic (exact) mass is 389 g/mol. The van der Waals surface area contributed by atoms with Gasteiger partial charge in [0.15, 0.2) is 0 Å². The van der Waals surface area contributed by atoms with Gasteiger partial charge >= 0.3 is 10.4 Å². The number of hydrogen-bond acceptors (Lipinski definition) is 10. The molecular weight excluding hydrogens is 366 g/mol. The molecule has 0 amide bonds. The summed E-state index contributed by atoms with van der Waals surface area (Å²) in [6, 6.07) is 0. The molecule has 1 aliphatic heterocycles. The number of rotatable bonds is 8. The highest BCUT2D eigenvalue weighted by Crippen LogP contribution is 2.30. The Morgan fingerprint density at radius 1 is 1.21 bits per heavy atom. The lowest BCUT2D eigenvalue weighted by atomic mass is 10.0. The predicted molar refractivity (Wildman–Crippen MR) is 85.6 cm³/mol. The van der Waals surface area contributed by atoms with Crippen LogP contribution in [-0.4, -0.2) is 74.9 Å². The standard InChI is InChI=1S/C12H23NO9S2/c1-2-3-4-5-8(13-22-24(18,19)20)23-12-11(17)10(16)9(15)7(6-14)21-12/h7,9-12,14-17H,2-6H2,1H3,(H,18,19,20)/b13-8+. The largest absolute Gasteiger partial charge is 0.466 e. The molecule has 0 aliphatic carbocycles. The van der Waals surface area contributed by atoms with Crippen molar-refractivity contribution in [2.45, 2.75) is 62.5 Å². The Balaban J connectivity index is 2.82. The van der Waals surface area contributed by atoms with E-state index in [4.69, 9.17) is 14.4 Å². The molecule has 0 aromatic carbocycles. The first-order valence-corrected chi connectivity index (χ1v) is 9.64. The van der Waals surface area contributed by atoms with E-state index in [0.717, 1.165) is 24.6 Å². The van der Waals surface area contributed by atoms with Gasteiger partial charge in [0.25, 0.3) is 0 Å². The summed E-state index contributed by atoms with van der Waals surface area (Å²) in [5, 5.41) is 42.0. The lowest BCUT2D eigenvalue weighted by Gasteiger charge is -2.39. The first-order chi connectivity index (χ1) is 11.2. The highest BCUT2D eigenvalue weighted by molar-refractivity contribution is 8.14. The number of oxime groups is 1. The number of nitrogens with zero attached hydrogens (tertiary/aromatic N) is 1. The minimum atomic E-state index is -4.77. The molecule has 24 heavy (non-hydrogen) atoms. The van der Waals surface area contributed by atoms with Crippen molar-refractivity contribution in [1.29, 1.82) is 0 Å². The lowest BCUT2D eigenvalue weighted by Crippen LogP contribution is -2.57. The van der Waals surface area contributed by atoms with Gasteiger partial charge < -0.3 is 25.2 Å². The Kier molecular flexibility index (Phi) is 8.87. The maximum atomic E-state index is 10.6. The fourth-order valence-corrected chi connectivity index (χ4v) is 3.38. The van der Waals surface area contributed by atoms with E-state index in [1.54, 1.807) is 0 Å². The molecule has 5 unspecified atom stereocenters. The summed E-state index contributed by atoms with van der Waals surface area (Å²) < 4.78 is 39.2. The van der Waals surface area contributed by atoms with Gasteiger partial charge in [-0.3, -0.25) is 4.55 Å². The summed E-state index contributed by atoms with van der Waals surface area (Å²) in [4.78, 5) is 0. The Bertz CT molecular complexity index is 511. The molecule has 5 N–H and O–H groups in total. The van der Waals surface area contributed by atoms with Crippen LogP contribution in [0, 0.1) is 0 Å². The first kappa shape index (κ1) is 21.6. The first-order valence-electron chi connectivity index (χ1n) is 7.39. The zero-order chi connectivity index (χ0) is 18.3. The van der Waals surface area contributed by atoms with Gasteiger partial charge in [0.2, 0.25) is 0 Å². The average Bonchev–Trinajstić information content (AvgIpc) is 2.52. The van der Waals surface area contributed by atoms with Crippen LogP contribution in [0.5, 0.6) is 0 Å². The summed E-state index contributed by atoms with van der Waals surface area (Å²) in [5.74, 6) is 0. The van der Waals surface area contributed by atoms with Crippen LogP contribution in [0.25, 0.3) is 0 Å². The molecule has 1 aliphatic rings. The fraction of sp³-hybridized carbons (Fsp3) is 0.917. The second-order valence-corrected chi connectivity index (χ2v) is 7.44. The SMILES string of the molecule is CCCCC/C(=N\OS(=O)(=O)O)SC1OC(CO)C(O)C(O)C1O. The zero-order valence-electron chi connectivity index (χ0n) is 13.1. The number of aliphatic hydroxyl groups excluding tert-OH is 4. The maximum absolute atomic E-state index is 10.6. The molecule has 142 valence electrons. The summed E-state index contributed by atoms with van der Waals surface area (Å²) in [6.45, 7) is 1.39. The van der Waals surface area contributed by atoms with Crippen molar-refractivity contribution in [2.24, 2.45) is 5.16 Å². The number of unbranched alkanes of at least 4 members (excludes halogenated alkanes) is 2. The minimum Gasteiger partial charge on any atom is -0.394 e. The van der Waals surface area contributed by atoms with E-state index in [0.29, 0.717) is 12.8 Å². The van der Waals surface area contributed by atoms with Crippen molar-refractivity contribution in [3.8, 4) is 0 Å². The number of thioether (sulfide) groups is 1. The number of aliphatic hydroxyl groups is 4. The van der Waals surface area contributed by atoms with Crippen LogP contribution < -0.4 is 0 Å². The van der Waals surface area contributed by atoms with E-state index in [1.807, 2.05) is 6.92 Å². The van der Waals surface area contributed by atoms with Crippen molar-refractivity contribution in [1.82, 2.24) is 0 Å². The maximum Gasteiger partial charge on any atom is 0.466 e. The van der Waals surface area contributed by atoms with Gasteiger partial charge in [0.1, 0.15) is 34.9 Å². The van der Waals surface area contributed by atoms with Gasteiger partial charge in [-0.15, -0.1) is 0 Å². The quantitative estimate of drug-likeness (QED) is 0.117. The molecule has 1 saturated heterocycles. The summed E-state index contributed by atoms with van der Waals surface area (Å²) in [7, 11) is -4.77. The minimum absolute atomic E-state index is 0.116. The van der Waals surface area contributed by atoms with Gasteiger partial charge in [-0.1, -0.05) is 36.7 Å². The van der Waals surface area contributed by atoms with Crippen LogP contribution >= 0.6 is 11.8 Å². The number of ether oxygens (including phenoxy) is 1. The third-order valence-electron chi connectivity index (χ3n) is 3.33. The van der Waals surface area contributed by atoms with Crippen LogP contribution in [0.2, 0.25) is 0 Å². The van der Waals surface area contributed by atoms with Crippen LogP contribution in [0.3, 0.4) is 0 Å².